The Balaban J connectivity index is 0.976. The number of rotatable bonds is 18. The zero-order valence-corrected chi connectivity index (χ0v) is 30.3. The Bertz CT molecular complexity index is 1740. The van der Waals surface area contributed by atoms with Gasteiger partial charge in [-0.2, -0.15) is 4.39 Å². The van der Waals surface area contributed by atoms with E-state index in [1.54, 1.807) is 5.38 Å². The molecule has 4 aromatic rings. The van der Waals surface area contributed by atoms with Crippen LogP contribution < -0.4 is 20.7 Å². The normalized spacial score (nSPS) is 16.9. The summed E-state index contributed by atoms with van der Waals surface area (Å²) in [6, 6.07) is 21.0. The highest BCUT2D eigenvalue weighted by Crippen LogP contribution is 2.37. The number of anilines is 1. The van der Waals surface area contributed by atoms with Crippen LogP contribution >= 0.6 is 11.3 Å². The number of hydrogen-bond acceptors (Lipinski definition) is 10. The summed E-state index contributed by atoms with van der Waals surface area (Å²) >= 11 is 1.43. The molecule has 2 aliphatic rings. The number of nitrogens with one attached hydrogen (secondary N) is 1. The first kappa shape index (κ1) is 38.3. The van der Waals surface area contributed by atoms with Crippen molar-refractivity contribution in [2.24, 2.45) is 5.73 Å². The van der Waals surface area contributed by atoms with E-state index in [2.05, 4.69) is 15.2 Å². The van der Waals surface area contributed by atoms with Crippen LogP contribution in [0.4, 0.5) is 13.9 Å². The van der Waals surface area contributed by atoms with Crippen LogP contribution in [-0.2, 0) is 23.8 Å². The molecule has 2 saturated heterocycles. The second-order valence-corrected chi connectivity index (χ2v) is 13.6. The summed E-state index contributed by atoms with van der Waals surface area (Å²) in [6.07, 6.45) is 1.37. The molecule has 0 aliphatic carbocycles. The summed E-state index contributed by atoms with van der Waals surface area (Å²) in [5, 5.41) is 5.61. The monoisotopic (exact) mass is 749 g/mol. The average molecular weight is 750 g/mol. The van der Waals surface area contributed by atoms with E-state index in [1.807, 2.05) is 65.6 Å². The first-order valence-corrected chi connectivity index (χ1v) is 18.8. The molecule has 0 saturated carbocycles. The molecule has 6 rings (SSSR count). The summed E-state index contributed by atoms with van der Waals surface area (Å²) < 4.78 is 51.4. The molecule has 3 N–H and O–H groups in total. The van der Waals surface area contributed by atoms with Gasteiger partial charge in [0, 0.05) is 36.5 Å². The summed E-state index contributed by atoms with van der Waals surface area (Å²) in [7, 11) is 0. The SMILES string of the molecule is NC(=O)C1CCCN1[C@H](C(=O)NCCOCCOCCOc1c(-c2csc(N3CCOCC3)n2)ccc(F)c1F)C(c1ccccc1)c1ccccc1. The number of carbonyl (C=O) groups excluding carboxylic acids is 2. The Morgan fingerprint density at radius 3 is 2.25 bits per heavy atom. The van der Waals surface area contributed by atoms with Crippen LogP contribution in [0.5, 0.6) is 5.75 Å². The van der Waals surface area contributed by atoms with Gasteiger partial charge in [0.05, 0.1) is 51.4 Å². The number of benzene rings is 3. The van der Waals surface area contributed by atoms with Crippen LogP contribution in [0.1, 0.15) is 29.9 Å². The van der Waals surface area contributed by atoms with Crippen LogP contribution in [0.15, 0.2) is 78.2 Å². The highest BCUT2D eigenvalue weighted by molar-refractivity contribution is 7.14. The number of thiazole rings is 1. The Hall–Kier alpha value is -4.47. The number of nitrogens with zero attached hydrogens (tertiary/aromatic N) is 3. The molecule has 3 heterocycles. The number of morpholine rings is 1. The minimum Gasteiger partial charge on any atom is -0.487 e. The van der Waals surface area contributed by atoms with E-state index in [0.29, 0.717) is 50.5 Å². The van der Waals surface area contributed by atoms with Gasteiger partial charge in [-0.15, -0.1) is 11.3 Å². The molecule has 3 aromatic carbocycles. The quantitative estimate of drug-likeness (QED) is 0.140. The number of primary amides is 1. The number of amides is 2. The molecule has 2 fully saturated rings. The number of ether oxygens (including phenoxy) is 4. The number of hydrogen-bond donors (Lipinski definition) is 2. The van der Waals surface area contributed by atoms with Gasteiger partial charge >= 0.3 is 0 Å². The number of halogens is 2. The highest BCUT2D eigenvalue weighted by Gasteiger charge is 2.42. The minimum atomic E-state index is -1.08. The standard InChI is InChI=1S/C39H45F2N5O6S/c40-30-14-13-29(31-26-53-39(44-31)45-17-20-50-21-18-45)36(34(30)41)52-25-24-51-23-22-49-19-15-43-38(48)35(46-16-7-12-32(46)37(42)47)33(27-8-3-1-4-9-27)28-10-5-2-6-11-28/h1-6,8-11,13-14,26,32-33,35H,7,12,15-25H2,(H2,42,47)(H,43,48)/t32?,35-/m0/s1. The van der Waals surface area contributed by atoms with Gasteiger partial charge in [0.15, 0.2) is 16.7 Å². The smallest absolute Gasteiger partial charge is 0.238 e. The predicted octanol–water partition coefficient (Wildman–Crippen LogP) is 4.60. The van der Waals surface area contributed by atoms with Crippen molar-refractivity contribution in [2.45, 2.75) is 30.8 Å². The molecule has 14 heteroatoms. The van der Waals surface area contributed by atoms with Gasteiger partial charge in [-0.3, -0.25) is 14.5 Å². The van der Waals surface area contributed by atoms with Crippen LogP contribution in [0, 0.1) is 11.6 Å². The van der Waals surface area contributed by atoms with Crippen molar-refractivity contribution in [3.05, 3.63) is 101 Å². The van der Waals surface area contributed by atoms with E-state index in [-0.39, 0.29) is 57.2 Å². The van der Waals surface area contributed by atoms with Crippen molar-refractivity contribution in [3.63, 3.8) is 0 Å². The topological polar surface area (TPSA) is 128 Å². The van der Waals surface area contributed by atoms with Gasteiger partial charge in [0.1, 0.15) is 12.6 Å². The number of aromatic nitrogens is 1. The van der Waals surface area contributed by atoms with Crippen molar-refractivity contribution < 1.29 is 37.3 Å². The fraction of sp³-hybridized carbons (Fsp3) is 0.410. The largest absolute Gasteiger partial charge is 0.487 e. The third kappa shape index (κ3) is 9.75. The lowest BCUT2D eigenvalue weighted by Crippen LogP contribution is -2.55. The van der Waals surface area contributed by atoms with Crippen molar-refractivity contribution >= 4 is 28.3 Å². The lowest BCUT2D eigenvalue weighted by molar-refractivity contribution is -0.130. The molecule has 282 valence electrons. The van der Waals surface area contributed by atoms with Gasteiger partial charge in [-0.1, -0.05) is 60.7 Å². The highest BCUT2D eigenvalue weighted by atomic mass is 32.1. The first-order valence-electron chi connectivity index (χ1n) is 17.9. The first-order chi connectivity index (χ1) is 25.9. The molecule has 1 aromatic heterocycles. The second-order valence-electron chi connectivity index (χ2n) is 12.8. The lowest BCUT2D eigenvalue weighted by Gasteiger charge is -2.36. The van der Waals surface area contributed by atoms with Gasteiger partial charge in [-0.05, 0) is 42.6 Å². The molecule has 0 spiro atoms. The van der Waals surface area contributed by atoms with Gasteiger partial charge in [0.25, 0.3) is 0 Å². The summed E-state index contributed by atoms with van der Waals surface area (Å²) in [4.78, 5) is 35.1. The minimum absolute atomic E-state index is 0.0158. The lowest BCUT2D eigenvalue weighted by atomic mass is 9.83. The average Bonchev–Trinajstić information content (AvgIpc) is 3.88. The van der Waals surface area contributed by atoms with Gasteiger partial charge < -0.3 is 34.9 Å². The van der Waals surface area contributed by atoms with Crippen LogP contribution in [0.3, 0.4) is 0 Å². The number of nitrogens with two attached hydrogens (primary N) is 1. The van der Waals surface area contributed by atoms with E-state index in [0.717, 1.165) is 28.7 Å². The number of carbonyl (C=O) groups is 2. The van der Waals surface area contributed by atoms with E-state index in [1.165, 1.54) is 17.4 Å². The van der Waals surface area contributed by atoms with E-state index in [9.17, 15) is 18.4 Å². The molecule has 2 aliphatic heterocycles. The molecular weight excluding hydrogens is 705 g/mol. The molecule has 2 atom stereocenters. The van der Waals surface area contributed by atoms with Crippen LogP contribution in [0.2, 0.25) is 0 Å². The zero-order chi connectivity index (χ0) is 37.0. The maximum Gasteiger partial charge on any atom is 0.238 e. The fourth-order valence-corrected chi connectivity index (χ4v) is 7.72. The van der Waals surface area contributed by atoms with Crippen molar-refractivity contribution in [1.29, 1.82) is 0 Å². The Kier molecular flexibility index (Phi) is 13.7. The number of likely N-dealkylation sites (tertiary alicyclic amines) is 1. The van der Waals surface area contributed by atoms with Crippen LogP contribution in [-0.4, -0.2) is 106 Å². The molecule has 11 nitrogen and oxygen atoms in total. The van der Waals surface area contributed by atoms with Crippen molar-refractivity contribution in [3.8, 4) is 17.0 Å². The van der Waals surface area contributed by atoms with Crippen LogP contribution in [0.25, 0.3) is 11.3 Å². The fourth-order valence-electron chi connectivity index (χ4n) is 6.84. The molecule has 2 amide bonds. The maximum absolute atomic E-state index is 14.9. The van der Waals surface area contributed by atoms with E-state index < -0.39 is 29.6 Å². The summed E-state index contributed by atoms with van der Waals surface area (Å²) in [5.74, 6) is -3.29. The van der Waals surface area contributed by atoms with Gasteiger partial charge in [0.2, 0.25) is 17.6 Å². The second kappa shape index (κ2) is 19.0. The maximum atomic E-state index is 14.9. The Labute approximate surface area is 312 Å². The Morgan fingerprint density at radius 1 is 0.906 bits per heavy atom. The molecule has 53 heavy (non-hydrogen) atoms. The van der Waals surface area contributed by atoms with E-state index >= 15 is 0 Å². The predicted molar refractivity (Wildman–Crippen MR) is 198 cm³/mol. The molecule has 1 unspecified atom stereocenters. The molecular formula is C39H45F2N5O6S. The zero-order valence-electron chi connectivity index (χ0n) is 29.5. The Morgan fingerprint density at radius 2 is 1.57 bits per heavy atom. The summed E-state index contributed by atoms with van der Waals surface area (Å²) in [6.45, 7) is 4.28. The van der Waals surface area contributed by atoms with E-state index in [4.69, 9.17) is 24.7 Å². The van der Waals surface area contributed by atoms with Crippen molar-refractivity contribution in [1.82, 2.24) is 15.2 Å². The van der Waals surface area contributed by atoms with Gasteiger partial charge in [-0.25, -0.2) is 9.37 Å². The third-order valence-electron chi connectivity index (χ3n) is 9.37. The third-order valence-corrected chi connectivity index (χ3v) is 10.3. The summed E-state index contributed by atoms with van der Waals surface area (Å²) in [5.41, 5.74) is 8.60. The van der Waals surface area contributed by atoms with Crippen molar-refractivity contribution in [2.75, 3.05) is 77.3 Å². The molecule has 0 radical (unpaired) electrons. The molecule has 0 bridgehead atoms.